The Balaban J connectivity index is 2.82. The van der Waals surface area contributed by atoms with Gasteiger partial charge in [0.25, 0.3) is 0 Å². The van der Waals surface area contributed by atoms with Gasteiger partial charge in [0.2, 0.25) is 5.91 Å². The number of carbonyl (C=O) groups is 1. The SMILES string of the molecule is C[C@@H](C(=O)Nc1ccc(Br)cc1F)C(C)(C)C. The minimum Gasteiger partial charge on any atom is -0.323 e. The van der Waals surface area contributed by atoms with Crippen LogP contribution in [0.25, 0.3) is 0 Å². The van der Waals surface area contributed by atoms with Gasteiger partial charge in [-0.25, -0.2) is 4.39 Å². The minimum absolute atomic E-state index is 0.143. The van der Waals surface area contributed by atoms with Crippen molar-refractivity contribution in [1.29, 1.82) is 0 Å². The van der Waals surface area contributed by atoms with Crippen molar-refractivity contribution in [1.82, 2.24) is 0 Å². The average molecular weight is 302 g/mol. The fraction of sp³-hybridized carbons (Fsp3) is 0.462. The molecule has 1 aromatic carbocycles. The van der Waals surface area contributed by atoms with Crippen LogP contribution in [0.15, 0.2) is 22.7 Å². The van der Waals surface area contributed by atoms with E-state index in [9.17, 15) is 9.18 Å². The van der Waals surface area contributed by atoms with Crippen molar-refractivity contribution in [2.24, 2.45) is 11.3 Å². The maximum absolute atomic E-state index is 13.5. The maximum atomic E-state index is 13.5. The zero-order valence-electron chi connectivity index (χ0n) is 10.5. The molecule has 0 bridgehead atoms. The van der Waals surface area contributed by atoms with Crippen LogP contribution in [0.5, 0.6) is 0 Å². The Morgan fingerprint density at radius 1 is 1.41 bits per heavy atom. The van der Waals surface area contributed by atoms with Gasteiger partial charge in [0.1, 0.15) is 5.82 Å². The lowest BCUT2D eigenvalue weighted by molar-refractivity contribution is -0.122. The highest BCUT2D eigenvalue weighted by molar-refractivity contribution is 9.10. The van der Waals surface area contributed by atoms with Crippen LogP contribution in [-0.2, 0) is 4.79 Å². The molecule has 2 nitrogen and oxygen atoms in total. The summed E-state index contributed by atoms with van der Waals surface area (Å²) in [7, 11) is 0. The molecule has 0 heterocycles. The first-order valence-electron chi connectivity index (χ1n) is 5.47. The molecule has 0 radical (unpaired) electrons. The summed E-state index contributed by atoms with van der Waals surface area (Å²) in [6.45, 7) is 7.78. The van der Waals surface area contributed by atoms with Gasteiger partial charge in [0, 0.05) is 10.4 Å². The van der Waals surface area contributed by atoms with E-state index in [1.807, 2.05) is 27.7 Å². The van der Waals surface area contributed by atoms with Crippen LogP contribution in [-0.4, -0.2) is 5.91 Å². The fourth-order valence-corrected chi connectivity index (χ4v) is 1.56. The van der Waals surface area contributed by atoms with Crippen LogP contribution in [0, 0.1) is 17.2 Å². The first-order chi connectivity index (χ1) is 7.71. The molecule has 1 amide bonds. The first kappa shape index (κ1) is 14.2. The van der Waals surface area contributed by atoms with Crippen LogP contribution in [0.2, 0.25) is 0 Å². The second-order valence-electron chi connectivity index (χ2n) is 5.20. The Labute approximate surface area is 110 Å². The first-order valence-corrected chi connectivity index (χ1v) is 6.27. The van der Waals surface area contributed by atoms with Crippen molar-refractivity contribution in [2.45, 2.75) is 27.7 Å². The summed E-state index contributed by atoms with van der Waals surface area (Å²) >= 11 is 3.17. The molecule has 0 aliphatic rings. The van der Waals surface area contributed by atoms with Gasteiger partial charge in [-0.2, -0.15) is 0 Å². The minimum atomic E-state index is -0.436. The summed E-state index contributed by atoms with van der Waals surface area (Å²) in [4.78, 5) is 11.9. The third-order valence-electron chi connectivity index (χ3n) is 2.88. The van der Waals surface area contributed by atoms with E-state index >= 15 is 0 Å². The predicted molar refractivity (Wildman–Crippen MR) is 71.3 cm³/mol. The lowest BCUT2D eigenvalue weighted by Gasteiger charge is -2.26. The number of carbonyl (C=O) groups excluding carboxylic acids is 1. The summed E-state index contributed by atoms with van der Waals surface area (Å²) in [6.07, 6.45) is 0. The summed E-state index contributed by atoms with van der Waals surface area (Å²) < 4.78 is 14.2. The van der Waals surface area contributed by atoms with Gasteiger partial charge in [-0.15, -0.1) is 0 Å². The Bertz CT molecular complexity index is 426. The molecule has 0 fully saturated rings. The fourth-order valence-electron chi connectivity index (χ4n) is 1.23. The van der Waals surface area contributed by atoms with Crippen molar-refractivity contribution in [3.63, 3.8) is 0 Å². The van der Waals surface area contributed by atoms with E-state index in [0.717, 1.165) is 0 Å². The zero-order valence-corrected chi connectivity index (χ0v) is 12.1. The highest BCUT2D eigenvalue weighted by Gasteiger charge is 2.27. The van der Waals surface area contributed by atoms with E-state index in [1.54, 1.807) is 12.1 Å². The maximum Gasteiger partial charge on any atom is 0.227 e. The van der Waals surface area contributed by atoms with Crippen LogP contribution >= 0.6 is 15.9 Å². The molecule has 0 unspecified atom stereocenters. The number of amides is 1. The van der Waals surface area contributed by atoms with Gasteiger partial charge in [-0.1, -0.05) is 43.6 Å². The second-order valence-corrected chi connectivity index (χ2v) is 6.12. The van der Waals surface area contributed by atoms with E-state index in [4.69, 9.17) is 0 Å². The average Bonchev–Trinajstić information content (AvgIpc) is 2.19. The van der Waals surface area contributed by atoms with Crippen LogP contribution < -0.4 is 5.32 Å². The monoisotopic (exact) mass is 301 g/mol. The molecule has 94 valence electrons. The molecule has 0 aliphatic heterocycles. The molecule has 0 aromatic heterocycles. The lowest BCUT2D eigenvalue weighted by atomic mass is 9.81. The van der Waals surface area contributed by atoms with E-state index in [1.165, 1.54) is 6.07 Å². The number of hydrogen-bond donors (Lipinski definition) is 1. The second kappa shape index (κ2) is 5.17. The summed E-state index contributed by atoms with van der Waals surface area (Å²) in [5.74, 6) is -0.793. The molecule has 0 saturated heterocycles. The molecule has 1 aromatic rings. The largest absolute Gasteiger partial charge is 0.323 e. The van der Waals surface area contributed by atoms with Gasteiger partial charge in [0.15, 0.2) is 0 Å². The Morgan fingerprint density at radius 3 is 2.47 bits per heavy atom. The molecule has 17 heavy (non-hydrogen) atoms. The topological polar surface area (TPSA) is 29.1 Å². The highest BCUT2D eigenvalue weighted by atomic mass is 79.9. The predicted octanol–water partition coefficient (Wildman–Crippen LogP) is 4.21. The number of benzene rings is 1. The van der Waals surface area contributed by atoms with Crippen molar-refractivity contribution >= 4 is 27.5 Å². The van der Waals surface area contributed by atoms with Crippen LogP contribution in [0.3, 0.4) is 0 Å². The van der Waals surface area contributed by atoms with Crippen molar-refractivity contribution in [2.75, 3.05) is 5.32 Å². The molecule has 0 saturated carbocycles. The molecular weight excluding hydrogens is 285 g/mol. The Hall–Kier alpha value is -0.900. The Kier molecular flexibility index (Phi) is 4.31. The molecule has 0 spiro atoms. The number of nitrogens with one attached hydrogen (secondary N) is 1. The van der Waals surface area contributed by atoms with Crippen molar-refractivity contribution < 1.29 is 9.18 Å². The molecule has 1 atom stereocenters. The highest BCUT2D eigenvalue weighted by Crippen LogP contribution is 2.27. The van der Waals surface area contributed by atoms with E-state index in [-0.39, 0.29) is 22.9 Å². The number of halogens is 2. The number of hydrogen-bond acceptors (Lipinski definition) is 1. The number of anilines is 1. The van der Waals surface area contributed by atoms with E-state index in [0.29, 0.717) is 4.47 Å². The molecule has 1 rings (SSSR count). The Morgan fingerprint density at radius 2 is 2.00 bits per heavy atom. The molecular formula is C13H17BrFNO. The van der Waals surface area contributed by atoms with Crippen LogP contribution in [0.4, 0.5) is 10.1 Å². The standard InChI is InChI=1S/C13H17BrFNO/c1-8(13(2,3)4)12(17)16-11-6-5-9(14)7-10(11)15/h5-8H,1-4H3,(H,16,17)/t8-/m0/s1. The summed E-state index contributed by atoms with van der Waals surface area (Å²) in [5.41, 5.74) is 0.0740. The molecule has 4 heteroatoms. The van der Waals surface area contributed by atoms with Crippen LogP contribution in [0.1, 0.15) is 27.7 Å². The lowest BCUT2D eigenvalue weighted by Crippen LogP contribution is -2.31. The van der Waals surface area contributed by atoms with Gasteiger partial charge >= 0.3 is 0 Å². The molecule has 1 N–H and O–H groups in total. The third-order valence-corrected chi connectivity index (χ3v) is 3.37. The summed E-state index contributed by atoms with van der Waals surface area (Å²) in [6, 6.07) is 4.57. The van der Waals surface area contributed by atoms with Crippen molar-refractivity contribution in [3.8, 4) is 0 Å². The normalized spacial score (nSPS) is 13.3. The van der Waals surface area contributed by atoms with E-state index < -0.39 is 5.82 Å². The van der Waals surface area contributed by atoms with Gasteiger partial charge in [0.05, 0.1) is 5.69 Å². The zero-order chi connectivity index (χ0) is 13.2. The van der Waals surface area contributed by atoms with Gasteiger partial charge in [-0.05, 0) is 23.6 Å². The summed E-state index contributed by atoms with van der Waals surface area (Å²) in [5, 5.41) is 2.61. The quantitative estimate of drug-likeness (QED) is 0.871. The third kappa shape index (κ3) is 3.80. The smallest absolute Gasteiger partial charge is 0.227 e. The molecule has 0 aliphatic carbocycles. The van der Waals surface area contributed by atoms with Crippen molar-refractivity contribution in [3.05, 3.63) is 28.5 Å². The van der Waals surface area contributed by atoms with Gasteiger partial charge in [-0.3, -0.25) is 4.79 Å². The van der Waals surface area contributed by atoms with Gasteiger partial charge < -0.3 is 5.32 Å². The van der Waals surface area contributed by atoms with E-state index in [2.05, 4.69) is 21.2 Å². The number of rotatable bonds is 2.